The van der Waals surface area contributed by atoms with Crippen molar-refractivity contribution < 1.29 is 39.6 Å². The molecule has 4 aromatic heterocycles. The molecule has 0 spiro atoms. The third-order valence-electron chi connectivity index (χ3n) is 9.75. The van der Waals surface area contributed by atoms with E-state index in [1.165, 1.54) is 24.0 Å². The number of amides is 1. The molecule has 2 aliphatic carbocycles. The van der Waals surface area contributed by atoms with E-state index in [0.717, 1.165) is 18.4 Å². The number of nitrogens with zero attached hydrogens (tertiary/aromatic N) is 6. The van der Waals surface area contributed by atoms with Gasteiger partial charge >= 0.3 is 0 Å². The van der Waals surface area contributed by atoms with Crippen LogP contribution in [0, 0.1) is 17.6 Å². The number of carbonyl (C=O) groups is 1. The summed E-state index contributed by atoms with van der Waals surface area (Å²) < 4.78 is 119. The Labute approximate surface area is 300 Å². The molecule has 4 atom stereocenters. The number of nitrogens with two attached hydrogens (primary N) is 1. The molecule has 0 radical (unpaired) electrons. The summed E-state index contributed by atoms with van der Waals surface area (Å²) in [6.07, 6.45) is -1.55. The highest BCUT2D eigenvalue weighted by Crippen LogP contribution is 2.68. The third-order valence-corrected chi connectivity index (χ3v) is 10.6. The lowest BCUT2D eigenvalue weighted by atomic mass is 9.84. The number of aryl methyl sites for hydroxylation is 1. The van der Waals surface area contributed by atoms with E-state index in [9.17, 15) is 30.8 Å². The van der Waals surface area contributed by atoms with Crippen LogP contribution in [0.15, 0.2) is 42.6 Å². The van der Waals surface area contributed by atoms with Gasteiger partial charge in [-0.1, -0.05) is 17.7 Å². The molecule has 1 fully saturated rings. The molecule has 0 saturated heterocycles. The Balaban J connectivity index is 1.43. The Bertz CT molecular complexity index is 2610. The second-order valence-electron chi connectivity index (χ2n) is 13.3. The van der Waals surface area contributed by atoms with Gasteiger partial charge in [0.05, 0.1) is 39.6 Å². The molecule has 53 heavy (non-hydrogen) atoms. The van der Waals surface area contributed by atoms with Crippen molar-refractivity contribution in [2.24, 2.45) is 18.7 Å². The maximum absolute atomic E-state index is 16.0. The third kappa shape index (κ3) is 5.67. The van der Waals surface area contributed by atoms with Crippen LogP contribution >= 0.6 is 11.6 Å². The second kappa shape index (κ2) is 11.9. The molecule has 12 nitrogen and oxygen atoms in total. The molecule has 2 aliphatic rings. The van der Waals surface area contributed by atoms with Gasteiger partial charge in [0.1, 0.15) is 34.6 Å². The van der Waals surface area contributed by atoms with Crippen LogP contribution < -0.4 is 10.5 Å². The fraction of sp³-hybridized carbons (Fsp3) is 0.303. The largest absolute Gasteiger partial charge is 0.368 e. The fourth-order valence-corrected chi connectivity index (χ4v) is 8.42. The number of carbonyl (C=O) groups excluding carboxylic acids is 1. The van der Waals surface area contributed by atoms with Gasteiger partial charge in [-0.25, -0.2) is 35.6 Å². The monoisotopic (exact) mass is 777 g/mol. The van der Waals surface area contributed by atoms with E-state index in [1.54, 1.807) is 12.1 Å². The highest BCUT2D eigenvalue weighted by molar-refractivity contribution is 7.92. The van der Waals surface area contributed by atoms with Crippen LogP contribution in [0.2, 0.25) is 5.02 Å². The lowest BCUT2D eigenvalue weighted by Gasteiger charge is -2.29. The molecule has 6 aromatic rings. The number of benzene rings is 2. The molecule has 8 rings (SSSR count). The van der Waals surface area contributed by atoms with Crippen LogP contribution in [0.4, 0.5) is 32.2 Å². The van der Waals surface area contributed by atoms with Crippen LogP contribution in [0.25, 0.3) is 33.1 Å². The molecular formula is C33H26ClF6N9O3S. The number of sulfonamides is 1. The topological polar surface area (TPSA) is 166 Å². The molecule has 0 aliphatic heterocycles. The Hall–Kier alpha value is -5.17. The number of rotatable bonds is 10. The minimum Gasteiger partial charge on any atom is -0.368 e. The number of aromatic amines is 1. The number of aromatic nitrogens is 7. The number of alkyl halides is 4. The average Bonchev–Trinajstić information content (AvgIpc) is 3.28. The summed E-state index contributed by atoms with van der Waals surface area (Å²) in [5, 5.41) is 15.3. The van der Waals surface area contributed by atoms with Gasteiger partial charge in [-0.05, 0) is 48.6 Å². The Kier molecular flexibility index (Phi) is 7.85. The molecule has 4 heterocycles. The van der Waals surface area contributed by atoms with Crippen molar-refractivity contribution in [1.29, 1.82) is 0 Å². The van der Waals surface area contributed by atoms with Gasteiger partial charge in [-0.2, -0.15) is 24.1 Å². The van der Waals surface area contributed by atoms with Crippen LogP contribution in [0.3, 0.4) is 0 Å². The fourth-order valence-electron chi connectivity index (χ4n) is 7.68. The first kappa shape index (κ1) is 34.9. The zero-order valence-electron chi connectivity index (χ0n) is 27.4. The first-order chi connectivity index (χ1) is 24.9. The Morgan fingerprint density at radius 3 is 2.49 bits per heavy atom. The first-order valence-corrected chi connectivity index (χ1v) is 18.2. The van der Waals surface area contributed by atoms with Gasteiger partial charge in [0.15, 0.2) is 5.82 Å². The van der Waals surface area contributed by atoms with Crippen molar-refractivity contribution in [2.45, 2.75) is 43.1 Å². The summed E-state index contributed by atoms with van der Waals surface area (Å²) in [4.78, 5) is 18.4. The summed E-state index contributed by atoms with van der Waals surface area (Å²) in [6, 6.07) is 5.14. The van der Waals surface area contributed by atoms with E-state index in [-0.39, 0.29) is 61.6 Å². The SMILES string of the molecule is Cn1nc(NS(C)(=O)=O)c2c(Cl)ccc(-c3cc4[nH]ncc4nc3[C@@H](Cc3cc(F)cc(F)c3)C(C(N)=O)n3nc(C(F)F)c4c3C(F)(F)[C@@H]3C[C@H]43)c21. The lowest BCUT2D eigenvalue weighted by molar-refractivity contribution is -0.122. The lowest BCUT2D eigenvalue weighted by Crippen LogP contribution is -2.37. The standard InChI is InChI=1S/C33H26ClF6N9O3S/c1-48-27-15(3-4-20(34)24(27)32(46-48)47-53(2,51)52)16-10-21-22(11-42-44-21)43-25(16)18(7-12-5-13(35)8-14(36)6-12)28(31(41)50)49-29-23(26(45-49)30(37)38)17-9-19(17)33(29,39)40/h3-6,8,10-11,17-19,28,30H,7,9H2,1-2H3,(H2,41,50)(H,42,44)(H,46,47)/t17-,18+,19+,28?/m0/s1. The molecule has 0 bridgehead atoms. The number of primary amides is 1. The van der Waals surface area contributed by atoms with Gasteiger partial charge in [0.25, 0.3) is 12.3 Å². The van der Waals surface area contributed by atoms with Crippen molar-refractivity contribution >= 4 is 55.3 Å². The van der Waals surface area contributed by atoms with Crippen molar-refractivity contribution in [3.05, 3.63) is 87.5 Å². The smallest absolute Gasteiger partial charge is 0.293 e. The number of halogens is 7. The average molecular weight is 778 g/mol. The predicted octanol–water partition coefficient (Wildman–Crippen LogP) is 6.21. The maximum Gasteiger partial charge on any atom is 0.293 e. The number of nitrogens with one attached hydrogen (secondary N) is 2. The molecular weight excluding hydrogens is 752 g/mol. The van der Waals surface area contributed by atoms with E-state index in [1.807, 2.05) is 0 Å². The van der Waals surface area contributed by atoms with Gasteiger partial charge in [0, 0.05) is 41.6 Å². The number of anilines is 1. The molecule has 20 heteroatoms. The summed E-state index contributed by atoms with van der Waals surface area (Å²) in [5.74, 6) is -10.7. The quantitative estimate of drug-likeness (QED) is 0.139. The summed E-state index contributed by atoms with van der Waals surface area (Å²) >= 11 is 6.58. The second-order valence-corrected chi connectivity index (χ2v) is 15.4. The first-order valence-electron chi connectivity index (χ1n) is 15.9. The zero-order valence-corrected chi connectivity index (χ0v) is 29.0. The van der Waals surface area contributed by atoms with Gasteiger partial charge in [-0.15, -0.1) is 0 Å². The summed E-state index contributed by atoms with van der Waals surface area (Å²) in [5.41, 5.74) is 5.02. The normalized spacial score (nSPS) is 18.8. The molecule has 2 aromatic carbocycles. The highest BCUT2D eigenvalue weighted by Gasteiger charge is 2.67. The highest BCUT2D eigenvalue weighted by atomic mass is 35.5. The minimum atomic E-state index is -3.85. The number of hydrogen-bond donors (Lipinski definition) is 3. The van der Waals surface area contributed by atoms with Crippen molar-refractivity contribution in [3.63, 3.8) is 0 Å². The maximum atomic E-state index is 16.0. The van der Waals surface area contributed by atoms with Gasteiger partial charge < -0.3 is 5.73 Å². The van der Waals surface area contributed by atoms with Gasteiger partial charge in [0.2, 0.25) is 15.9 Å². The van der Waals surface area contributed by atoms with Crippen molar-refractivity contribution in [2.75, 3.05) is 11.0 Å². The number of hydrogen-bond acceptors (Lipinski definition) is 7. The van der Waals surface area contributed by atoms with Crippen LogP contribution in [-0.4, -0.2) is 55.3 Å². The van der Waals surface area contributed by atoms with Crippen LogP contribution in [0.5, 0.6) is 0 Å². The van der Waals surface area contributed by atoms with E-state index >= 15 is 8.78 Å². The summed E-state index contributed by atoms with van der Waals surface area (Å²) in [6.45, 7) is 0. The van der Waals surface area contributed by atoms with E-state index < -0.39 is 81.5 Å². The molecule has 1 amide bonds. The van der Waals surface area contributed by atoms with Crippen molar-refractivity contribution in [1.82, 2.24) is 34.7 Å². The molecule has 1 unspecified atom stereocenters. The minimum absolute atomic E-state index is 0.0467. The van der Waals surface area contributed by atoms with E-state index in [0.29, 0.717) is 16.3 Å². The van der Waals surface area contributed by atoms with Crippen molar-refractivity contribution in [3.8, 4) is 11.1 Å². The summed E-state index contributed by atoms with van der Waals surface area (Å²) in [7, 11) is -2.35. The van der Waals surface area contributed by atoms with Crippen LogP contribution in [0.1, 0.15) is 58.9 Å². The number of pyridine rings is 1. The van der Waals surface area contributed by atoms with E-state index in [2.05, 4.69) is 25.1 Å². The molecule has 276 valence electrons. The Morgan fingerprint density at radius 2 is 1.83 bits per heavy atom. The number of H-pyrrole nitrogens is 1. The van der Waals surface area contributed by atoms with Crippen LogP contribution in [-0.2, 0) is 34.2 Å². The molecule has 4 N–H and O–H groups in total. The number of fused-ring (bicyclic) bond motifs is 5. The molecule has 1 saturated carbocycles. The van der Waals surface area contributed by atoms with Gasteiger partial charge in [-0.3, -0.25) is 19.3 Å². The predicted molar refractivity (Wildman–Crippen MR) is 180 cm³/mol. The zero-order chi connectivity index (χ0) is 37.9. The Morgan fingerprint density at radius 1 is 1.11 bits per heavy atom. The van der Waals surface area contributed by atoms with E-state index in [4.69, 9.17) is 22.3 Å².